The molecule has 0 aromatic heterocycles. The molecule has 0 saturated carbocycles. The average molecular weight is 226 g/mol. The van der Waals surface area contributed by atoms with Crippen molar-refractivity contribution in [3.05, 3.63) is 0 Å². The van der Waals surface area contributed by atoms with E-state index in [0.29, 0.717) is 17.4 Å². The number of hydrogen-bond donors (Lipinski definition) is 1. The van der Waals surface area contributed by atoms with Gasteiger partial charge < -0.3 is 10.5 Å². The summed E-state index contributed by atoms with van der Waals surface area (Å²) in [6.45, 7) is 9.81. The summed E-state index contributed by atoms with van der Waals surface area (Å²) < 4.78 is 5.49. The van der Waals surface area contributed by atoms with Gasteiger partial charge in [-0.05, 0) is 37.8 Å². The second-order valence-electron chi connectivity index (χ2n) is 6.13. The lowest BCUT2D eigenvalue weighted by Gasteiger charge is -2.42. The van der Waals surface area contributed by atoms with Crippen LogP contribution in [0.3, 0.4) is 0 Å². The van der Waals surface area contributed by atoms with Crippen LogP contribution < -0.4 is 5.73 Å². The summed E-state index contributed by atoms with van der Waals surface area (Å²) >= 11 is 0. The van der Waals surface area contributed by atoms with Crippen molar-refractivity contribution in [2.24, 2.45) is 17.1 Å². The van der Waals surface area contributed by atoms with E-state index in [1.54, 1.807) is 0 Å². The first-order chi connectivity index (χ1) is 7.62. The first-order valence-corrected chi connectivity index (χ1v) is 6.64. The molecule has 94 valence electrons. The Hall–Kier alpha value is -0.120. The van der Waals surface area contributed by atoms with Crippen LogP contribution in [0.15, 0.2) is 0 Å². The molecule has 2 rings (SSSR count). The largest absolute Gasteiger partial charge is 0.381 e. The Bertz CT molecular complexity index is 214. The second kappa shape index (κ2) is 5.03. The molecule has 16 heavy (non-hydrogen) atoms. The molecule has 2 heterocycles. The molecule has 0 aliphatic carbocycles. The van der Waals surface area contributed by atoms with Crippen molar-refractivity contribution in [2.75, 3.05) is 32.8 Å². The topological polar surface area (TPSA) is 38.5 Å². The van der Waals surface area contributed by atoms with Gasteiger partial charge in [0.1, 0.15) is 0 Å². The molecule has 3 heteroatoms. The van der Waals surface area contributed by atoms with Crippen LogP contribution >= 0.6 is 0 Å². The van der Waals surface area contributed by atoms with E-state index in [9.17, 15) is 0 Å². The highest BCUT2D eigenvalue weighted by Crippen LogP contribution is 2.32. The van der Waals surface area contributed by atoms with Crippen LogP contribution in [-0.4, -0.2) is 43.8 Å². The normalized spacial score (nSPS) is 32.8. The Morgan fingerprint density at radius 2 is 2.06 bits per heavy atom. The van der Waals surface area contributed by atoms with Gasteiger partial charge in [-0.25, -0.2) is 0 Å². The van der Waals surface area contributed by atoms with E-state index < -0.39 is 0 Å². The second-order valence-corrected chi connectivity index (χ2v) is 6.13. The molecule has 0 aromatic rings. The van der Waals surface area contributed by atoms with Crippen LogP contribution in [0.25, 0.3) is 0 Å². The van der Waals surface area contributed by atoms with Crippen LogP contribution in [0.2, 0.25) is 0 Å². The van der Waals surface area contributed by atoms with E-state index in [1.165, 1.54) is 32.4 Å². The zero-order chi connectivity index (χ0) is 11.6. The minimum atomic E-state index is 0.530. The number of rotatable bonds is 3. The van der Waals surface area contributed by atoms with Crippen molar-refractivity contribution in [2.45, 2.75) is 39.2 Å². The van der Waals surface area contributed by atoms with Gasteiger partial charge in [0.15, 0.2) is 0 Å². The van der Waals surface area contributed by atoms with Crippen LogP contribution in [0, 0.1) is 11.3 Å². The van der Waals surface area contributed by atoms with Gasteiger partial charge in [0.2, 0.25) is 0 Å². The fraction of sp³-hybridized carbons (Fsp3) is 1.00. The molecule has 0 spiro atoms. The maximum Gasteiger partial charge on any atom is 0.0510 e. The van der Waals surface area contributed by atoms with Crippen LogP contribution in [0.5, 0.6) is 0 Å². The molecule has 3 nitrogen and oxygen atoms in total. The lowest BCUT2D eigenvalue weighted by molar-refractivity contribution is 0.0641. The predicted octanol–water partition coefficient (Wildman–Crippen LogP) is 1.47. The predicted molar refractivity (Wildman–Crippen MR) is 66.4 cm³/mol. The van der Waals surface area contributed by atoms with Crippen LogP contribution in [0.1, 0.15) is 33.1 Å². The van der Waals surface area contributed by atoms with E-state index in [1.807, 2.05) is 0 Å². The molecule has 2 atom stereocenters. The van der Waals surface area contributed by atoms with Crippen LogP contribution in [0.4, 0.5) is 0 Å². The molecule has 0 aromatic carbocycles. The van der Waals surface area contributed by atoms with Gasteiger partial charge in [-0.15, -0.1) is 0 Å². The van der Waals surface area contributed by atoms with Crippen molar-refractivity contribution in [1.29, 1.82) is 0 Å². The molecule has 0 bridgehead atoms. The Balaban J connectivity index is 1.90. The van der Waals surface area contributed by atoms with E-state index in [2.05, 4.69) is 18.7 Å². The summed E-state index contributed by atoms with van der Waals surface area (Å²) in [6, 6.07) is 0.554. The molecule has 2 aliphatic heterocycles. The molecule has 0 amide bonds. The first-order valence-electron chi connectivity index (χ1n) is 6.64. The number of nitrogens with zero attached hydrogens (tertiary/aromatic N) is 1. The monoisotopic (exact) mass is 226 g/mol. The van der Waals surface area contributed by atoms with Gasteiger partial charge >= 0.3 is 0 Å². The summed E-state index contributed by atoms with van der Waals surface area (Å²) in [7, 11) is 0. The number of hydrogen-bond acceptors (Lipinski definition) is 3. The molecule has 2 aliphatic rings. The van der Waals surface area contributed by atoms with Gasteiger partial charge in [0.05, 0.1) is 6.61 Å². The minimum Gasteiger partial charge on any atom is -0.381 e. The fourth-order valence-electron chi connectivity index (χ4n) is 2.96. The van der Waals surface area contributed by atoms with Gasteiger partial charge in [-0.2, -0.15) is 0 Å². The summed E-state index contributed by atoms with van der Waals surface area (Å²) in [4.78, 5) is 2.60. The fourth-order valence-corrected chi connectivity index (χ4v) is 2.96. The summed E-state index contributed by atoms with van der Waals surface area (Å²) in [5.74, 6) is 0.672. The number of ether oxygens (including phenoxy) is 1. The summed E-state index contributed by atoms with van der Waals surface area (Å²) in [5.41, 5.74) is 6.48. The maximum atomic E-state index is 5.95. The third kappa shape index (κ3) is 2.76. The van der Waals surface area contributed by atoms with E-state index in [4.69, 9.17) is 10.5 Å². The molecular formula is C13H26N2O. The van der Waals surface area contributed by atoms with E-state index in [-0.39, 0.29) is 0 Å². The molecular weight excluding hydrogens is 200 g/mol. The zero-order valence-electron chi connectivity index (χ0n) is 10.7. The van der Waals surface area contributed by atoms with Crippen molar-refractivity contribution < 1.29 is 4.74 Å². The number of likely N-dealkylation sites (tertiary alicyclic amines) is 1. The Morgan fingerprint density at radius 3 is 2.56 bits per heavy atom. The van der Waals surface area contributed by atoms with Crippen LogP contribution in [-0.2, 0) is 4.74 Å². The molecule has 2 N–H and O–H groups in total. The van der Waals surface area contributed by atoms with Gasteiger partial charge in [-0.3, -0.25) is 4.90 Å². The molecule has 2 fully saturated rings. The third-order valence-electron chi connectivity index (χ3n) is 4.37. The van der Waals surface area contributed by atoms with Crippen molar-refractivity contribution in [1.82, 2.24) is 4.90 Å². The number of nitrogens with two attached hydrogens (primary N) is 1. The summed E-state index contributed by atoms with van der Waals surface area (Å²) in [5, 5.41) is 0. The maximum absolute atomic E-state index is 5.95. The number of piperidine rings is 1. The highest BCUT2D eigenvalue weighted by Gasteiger charge is 2.33. The third-order valence-corrected chi connectivity index (χ3v) is 4.37. The highest BCUT2D eigenvalue weighted by atomic mass is 16.5. The van der Waals surface area contributed by atoms with E-state index in [0.717, 1.165) is 19.8 Å². The quantitative estimate of drug-likeness (QED) is 0.792. The van der Waals surface area contributed by atoms with Crippen molar-refractivity contribution in [3.63, 3.8) is 0 Å². The minimum absolute atomic E-state index is 0.530. The smallest absolute Gasteiger partial charge is 0.0510 e. The average Bonchev–Trinajstić information content (AvgIpc) is 2.75. The Labute approximate surface area is 99.3 Å². The highest BCUT2D eigenvalue weighted by molar-refractivity contribution is 4.87. The Morgan fingerprint density at radius 1 is 1.38 bits per heavy atom. The van der Waals surface area contributed by atoms with Gasteiger partial charge in [-0.1, -0.05) is 13.8 Å². The lowest BCUT2D eigenvalue weighted by atomic mass is 9.81. The van der Waals surface area contributed by atoms with Crippen molar-refractivity contribution >= 4 is 0 Å². The SMILES string of the molecule is CC1(C)CCN(C(CN)C2CCOC2)CC1. The lowest BCUT2D eigenvalue weighted by Crippen LogP contribution is -2.50. The standard InChI is InChI=1S/C13H26N2O/c1-13(2)4-6-15(7-5-13)12(9-14)11-3-8-16-10-11/h11-12H,3-10,14H2,1-2H3. The first kappa shape index (κ1) is 12.3. The van der Waals surface area contributed by atoms with E-state index >= 15 is 0 Å². The van der Waals surface area contributed by atoms with Gasteiger partial charge in [0, 0.05) is 25.1 Å². The Kier molecular flexibility index (Phi) is 3.88. The van der Waals surface area contributed by atoms with Gasteiger partial charge in [0.25, 0.3) is 0 Å². The molecule has 2 saturated heterocycles. The zero-order valence-corrected chi connectivity index (χ0v) is 10.7. The molecule has 0 radical (unpaired) electrons. The summed E-state index contributed by atoms with van der Waals surface area (Å²) in [6.07, 6.45) is 3.80. The molecule has 2 unspecified atom stereocenters. The van der Waals surface area contributed by atoms with Crippen molar-refractivity contribution in [3.8, 4) is 0 Å².